The third kappa shape index (κ3) is 4.99. The number of halogens is 2. The largest absolute Gasteiger partial charge is 0.487 e. The Kier molecular flexibility index (Phi) is 6.62. The molecular formula is C24H16Br2N2O5. The smallest absolute Gasteiger partial charge is 0.335 e. The number of aromatic carboxylic acids is 1. The molecule has 0 saturated carbocycles. The second kappa shape index (κ2) is 9.60. The molecule has 4 rings (SSSR count). The first kappa shape index (κ1) is 22.8. The lowest BCUT2D eigenvalue weighted by Crippen LogP contribution is -2.35. The lowest BCUT2D eigenvalue weighted by Gasteiger charge is -2.14. The minimum Gasteiger partial charge on any atom is -0.487 e. The van der Waals surface area contributed by atoms with Crippen molar-refractivity contribution in [3.8, 4) is 5.75 Å². The van der Waals surface area contributed by atoms with Gasteiger partial charge in [-0.15, -0.1) is 0 Å². The molecule has 3 aromatic carbocycles. The molecule has 3 aromatic rings. The average Bonchev–Trinajstić information content (AvgIpc) is 3.08. The molecular weight excluding hydrogens is 556 g/mol. The van der Waals surface area contributed by atoms with Crippen LogP contribution in [0.15, 0.2) is 81.2 Å². The molecule has 0 spiro atoms. The van der Waals surface area contributed by atoms with E-state index in [1.807, 2.05) is 6.07 Å². The van der Waals surface area contributed by atoms with Crippen molar-refractivity contribution in [2.75, 3.05) is 5.01 Å². The van der Waals surface area contributed by atoms with Crippen molar-refractivity contribution in [2.24, 2.45) is 0 Å². The van der Waals surface area contributed by atoms with Gasteiger partial charge in [-0.25, -0.2) is 9.80 Å². The molecule has 9 heteroatoms. The molecule has 0 radical (unpaired) electrons. The molecule has 2 amide bonds. The Bertz CT molecular complexity index is 1250. The molecule has 0 aliphatic carbocycles. The zero-order valence-electron chi connectivity index (χ0n) is 16.9. The number of carbonyl (C=O) groups is 3. The highest BCUT2D eigenvalue weighted by molar-refractivity contribution is 9.11. The number of benzene rings is 3. The number of hydrogen-bond acceptors (Lipinski definition) is 4. The van der Waals surface area contributed by atoms with Crippen molar-refractivity contribution in [1.29, 1.82) is 0 Å². The van der Waals surface area contributed by atoms with E-state index in [4.69, 9.17) is 9.84 Å². The molecule has 1 aliphatic rings. The van der Waals surface area contributed by atoms with E-state index in [1.165, 1.54) is 23.2 Å². The van der Waals surface area contributed by atoms with Gasteiger partial charge < -0.3 is 9.84 Å². The van der Waals surface area contributed by atoms with Gasteiger partial charge in [-0.2, -0.15) is 0 Å². The molecule has 33 heavy (non-hydrogen) atoms. The second-order valence-electron chi connectivity index (χ2n) is 7.08. The van der Waals surface area contributed by atoms with Crippen molar-refractivity contribution >= 4 is 61.4 Å². The van der Waals surface area contributed by atoms with E-state index in [0.29, 0.717) is 25.9 Å². The van der Waals surface area contributed by atoms with Crippen molar-refractivity contribution in [3.63, 3.8) is 0 Å². The highest BCUT2D eigenvalue weighted by Gasteiger charge is 2.34. The Morgan fingerprint density at radius 3 is 2.24 bits per heavy atom. The first-order chi connectivity index (χ1) is 15.8. The molecule has 7 nitrogen and oxygen atoms in total. The molecule has 0 atom stereocenters. The summed E-state index contributed by atoms with van der Waals surface area (Å²) >= 11 is 6.95. The second-order valence-corrected chi connectivity index (χ2v) is 8.79. The average molecular weight is 572 g/mol. The number of amides is 2. The van der Waals surface area contributed by atoms with Crippen LogP contribution < -0.4 is 15.2 Å². The van der Waals surface area contributed by atoms with Gasteiger partial charge in [0.05, 0.1) is 20.2 Å². The maximum absolute atomic E-state index is 12.8. The van der Waals surface area contributed by atoms with Gasteiger partial charge in [0.2, 0.25) is 0 Å². The van der Waals surface area contributed by atoms with Gasteiger partial charge in [0.25, 0.3) is 11.8 Å². The number of para-hydroxylation sites is 1. The number of carbonyl (C=O) groups excluding carboxylic acids is 2. The summed E-state index contributed by atoms with van der Waals surface area (Å²) < 4.78 is 7.12. The summed E-state index contributed by atoms with van der Waals surface area (Å²) in [6.45, 7) is 0.227. The summed E-state index contributed by atoms with van der Waals surface area (Å²) in [5.41, 5.74) is 4.80. The fourth-order valence-corrected chi connectivity index (χ4v) is 4.63. The number of nitrogens with zero attached hydrogens (tertiary/aromatic N) is 1. The van der Waals surface area contributed by atoms with E-state index in [2.05, 4.69) is 37.3 Å². The Balaban J connectivity index is 1.52. The highest BCUT2D eigenvalue weighted by Crippen LogP contribution is 2.36. The summed E-state index contributed by atoms with van der Waals surface area (Å²) in [5, 5.41) is 10.2. The quantitative estimate of drug-likeness (QED) is 0.322. The SMILES string of the molecule is O=C1NN(c2ccccc2)C(=O)/C1=C\c1cc(Br)c(OCc2ccc(C(=O)O)cc2)c(Br)c1. The predicted octanol–water partition coefficient (Wildman–Crippen LogP) is 4.95. The van der Waals surface area contributed by atoms with Crippen LogP contribution in [-0.2, 0) is 16.2 Å². The molecule has 166 valence electrons. The van der Waals surface area contributed by atoms with Gasteiger partial charge in [0, 0.05) is 0 Å². The van der Waals surface area contributed by atoms with Crippen molar-refractivity contribution in [3.05, 3.63) is 97.9 Å². The van der Waals surface area contributed by atoms with Crippen LogP contribution in [0.5, 0.6) is 5.75 Å². The number of ether oxygens (including phenoxy) is 1. The van der Waals surface area contributed by atoms with Crippen molar-refractivity contribution < 1.29 is 24.2 Å². The summed E-state index contributed by atoms with van der Waals surface area (Å²) in [4.78, 5) is 36.2. The minimum atomic E-state index is -0.987. The summed E-state index contributed by atoms with van der Waals surface area (Å²) in [6.07, 6.45) is 1.52. The lowest BCUT2D eigenvalue weighted by molar-refractivity contribution is -0.117. The van der Waals surface area contributed by atoms with Crippen LogP contribution in [0.3, 0.4) is 0 Å². The monoisotopic (exact) mass is 570 g/mol. The van der Waals surface area contributed by atoms with Gasteiger partial charge >= 0.3 is 5.97 Å². The third-order valence-electron chi connectivity index (χ3n) is 4.82. The molecule has 0 unspecified atom stereocenters. The number of carboxylic acids is 1. The first-order valence-electron chi connectivity index (χ1n) is 9.70. The zero-order chi connectivity index (χ0) is 23.5. The number of rotatable bonds is 6. The predicted molar refractivity (Wildman–Crippen MR) is 130 cm³/mol. The fraction of sp³-hybridized carbons (Fsp3) is 0.0417. The van der Waals surface area contributed by atoms with Crippen molar-refractivity contribution in [2.45, 2.75) is 6.61 Å². The topological polar surface area (TPSA) is 95.9 Å². The summed E-state index contributed by atoms with van der Waals surface area (Å²) in [6, 6.07) is 18.7. The number of hydrogen-bond donors (Lipinski definition) is 2. The number of hydrazine groups is 1. The third-order valence-corrected chi connectivity index (χ3v) is 6.00. The van der Waals surface area contributed by atoms with Gasteiger partial charge in [-0.1, -0.05) is 30.3 Å². The van der Waals surface area contributed by atoms with Crippen LogP contribution in [0.4, 0.5) is 5.69 Å². The Morgan fingerprint density at radius 1 is 1.00 bits per heavy atom. The van der Waals surface area contributed by atoms with E-state index in [0.717, 1.165) is 5.56 Å². The van der Waals surface area contributed by atoms with Gasteiger partial charge in [-0.3, -0.25) is 15.0 Å². The minimum absolute atomic E-state index is 0.0184. The van der Waals surface area contributed by atoms with Crippen LogP contribution >= 0.6 is 31.9 Å². The van der Waals surface area contributed by atoms with Gasteiger partial charge in [-0.05, 0) is 85.5 Å². The molecule has 1 aliphatic heterocycles. The molecule has 1 heterocycles. The normalized spacial score (nSPS) is 14.5. The Hall–Kier alpha value is -3.43. The van der Waals surface area contributed by atoms with E-state index in [1.54, 1.807) is 48.5 Å². The van der Waals surface area contributed by atoms with E-state index in [9.17, 15) is 14.4 Å². The fourth-order valence-electron chi connectivity index (χ4n) is 3.18. The molecule has 1 saturated heterocycles. The van der Waals surface area contributed by atoms with Crippen LogP contribution in [0, 0.1) is 0 Å². The number of nitrogens with one attached hydrogen (secondary N) is 1. The van der Waals surface area contributed by atoms with Crippen LogP contribution in [0.25, 0.3) is 6.08 Å². The van der Waals surface area contributed by atoms with Crippen LogP contribution in [0.1, 0.15) is 21.5 Å². The molecule has 0 aromatic heterocycles. The lowest BCUT2D eigenvalue weighted by atomic mass is 10.1. The zero-order valence-corrected chi connectivity index (χ0v) is 20.1. The standard InChI is InChI=1S/C24H16Br2N2O5/c25-19-11-15(10-18-22(29)27-28(23(18)30)17-4-2-1-3-5-17)12-20(26)21(19)33-13-14-6-8-16(9-7-14)24(31)32/h1-12H,13H2,(H,27,29)(H,31,32)/b18-10-. The van der Waals surface area contributed by atoms with Crippen LogP contribution in [-0.4, -0.2) is 22.9 Å². The van der Waals surface area contributed by atoms with E-state index in [-0.39, 0.29) is 17.7 Å². The molecule has 2 N–H and O–H groups in total. The highest BCUT2D eigenvalue weighted by atomic mass is 79.9. The maximum Gasteiger partial charge on any atom is 0.335 e. The van der Waals surface area contributed by atoms with Crippen LogP contribution in [0.2, 0.25) is 0 Å². The van der Waals surface area contributed by atoms with E-state index < -0.39 is 17.8 Å². The number of carboxylic acid groups (broad SMARTS) is 1. The van der Waals surface area contributed by atoms with E-state index >= 15 is 0 Å². The van der Waals surface area contributed by atoms with Crippen molar-refractivity contribution in [1.82, 2.24) is 5.43 Å². The Labute approximate surface area is 205 Å². The molecule has 0 bridgehead atoms. The summed E-state index contributed by atoms with van der Waals surface area (Å²) in [5.74, 6) is -1.38. The first-order valence-corrected chi connectivity index (χ1v) is 11.3. The molecule has 1 fully saturated rings. The van der Waals surface area contributed by atoms with Gasteiger partial charge in [0.1, 0.15) is 17.9 Å². The Morgan fingerprint density at radius 2 is 1.64 bits per heavy atom. The number of anilines is 1. The maximum atomic E-state index is 12.8. The van der Waals surface area contributed by atoms with Gasteiger partial charge in [0.15, 0.2) is 0 Å². The summed E-state index contributed by atoms with van der Waals surface area (Å²) in [7, 11) is 0.